The summed E-state index contributed by atoms with van der Waals surface area (Å²) in [5.41, 5.74) is 2.76. The fraction of sp³-hybridized carbons (Fsp3) is 0.357. The van der Waals surface area contributed by atoms with Gasteiger partial charge in [0.25, 0.3) is 0 Å². The molecule has 86 valence electrons. The van der Waals surface area contributed by atoms with Gasteiger partial charge in [-0.25, -0.2) is 0 Å². The van der Waals surface area contributed by atoms with E-state index in [1.54, 1.807) is 13.0 Å². The topological polar surface area (TPSA) is 17.1 Å². The number of rotatable bonds is 3. The molecule has 0 heterocycles. The normalized spacial score (nSPS) is 12.0. The molecule has 0 aliphatic heterocycles. The van der Waals surface area contributed by atoms with Crippen molar-refractivity contribution >= 4 is 23.5 Å². The number of Topliss-reactive ketones (excluding diaryl/α,β-unsaturated/α-hetero) is 1. The van der Waals surface area contributed by atoms with Crippen LogP contribution in [0.4, 0.5) is 0 Å². The van der Waals surface area contributed by atoms with Gasteiger partial charge in [0, 0.05) is 5.56 Å². The van der Waals surface area contributed by atoms with Crippen LogP contribution in [0.15, 0.2) is 23.8 Å². The van der Waals surface area contributed by atoms with E-state index in [1.807, 2.05) is 18.2 Å². The average Bonchev–Trinajstić information content (AvgIpc) is 2.16. The first-order valence-electron chi connectivity index (χ1n) is 5.41. The molecule has 0 saturated heterocycles. The molecule has 16 heavy (non-hydrogen) atoms. The maximum atomic E-state index is 11.5. The van der Waals surface area contributed by atoms with Crippen molar-refractivity contribution in [2.75, 3.05) is 0 Å². The molecule has 2 heteroatoms. The molecule has 0 fully saturated rings. The smallest absolute Gasteiger partial charge is 0.161 e. The van der Waals surface area contributed by atoms with Crippen LogP contribution in [-0.2, 0) is 0 Å². The maximum Gasteiger partial charge on any atom is 0.161 e. The number of hydrogen-bond acceptors (Lipinski definition) is 1. The van der Waals surface area contributed by atoms with Crippen molar-refractivity contribution in [1.82, 2.24) is 0 Å². The number of hydrogen-bond donors (Lipinski definition) is 0. The van der Waals surface area contributed by atoms with Crippen LogP contribution in [0, 0.1) is 5.92 Å². The molecular formula is C14H17ClO. The lowest BCUT2D eigenvalue weighted by Gasteiger charge is -2.08. The van der Waals surface area contributed by atoms with E-state index in [0.29, 0.717) is 16.5 Å². The van der Waals surface area contributed by atoms with Crippen molar-refractivity contribution < 1.29 is 4.79 Å². The second-order valence-electron chi connectivity index (χ2n) is 4.30. The predicted octanol–water partition coefficient (Wildman–Crippen LogP) is 4.60. The molecule has 0 aromatic heterocycles. The monoisotopic (exact) mass is 236 g/mol. The van der Waals surface area contributed by atoms with Crippen LogP contribution in [0.2, 0.25) is 5.02 Å². The molecule has 0 radical (unpaired) electrons. The zero-order valence-electron chi connectivity index (χ0n) is 10.2. The van der Waals surface area contributed by atoms with Gasteiger partial charge in [0.1, 0.15) is 0 Å². The minimum absolute atomic E-state index is 0.00778. The third-order valence-electron chi connectivity index (χ3n) is 2.69. The summed E-state index contributed by atoms with van der Waals surface area (Å²) < 4.78 is 0. The largest absolute Gasteiger partial charge is 0.294 e. The van der Waals surface area contributed by atoms with E-state index < -0.39 is 0 Å². The SMILES string of the molecule is CC(=O)c1c(Cl)cccc1/C=C(\C)C(C)C. The molecule has 0 aliphatic carbocycles. The molecule has 0 N–H and O–H groups in total. The van der Waals surface area contributed by atoms with Crippen LogP contribution >= 0.6 is 11.6 Å². The molecule has 0 saturated carbocycles. The third kappa shape index (κ3) is 2.96. The van der Waals surface area contributed by atoms with Gasteiger partial charge in [0.2, 0.25) is 0 Å². The number of ketones is 1. The number of carbonyl (C=O) groups is 1. The Bertz CT molecular complexity index is 430. The van der Waals surface area contributed by atoms with Gasteiger partial charge < -0.3 is 0 Å². The minimum Gasteiger partial charge on any atom is -0.294 e. The highest BCUT2D eigenvalue weighted by atomic mass is 35.5. The first kappa shape index (κ1) is 13.0. The highest BCUT2D eigenvalue weighted by molar-refractivity contribution is 6.34. The molecule has 1 aromatic carbocycles. The second-order valence-corrected chi connectivity index (χ2v) is 4.71. The van der Waals surface area contributed by atoms with Crippen molar-refractivity contribution in [2.24, 2.45) is 5.92 Å². The van der Waals surface area contributed by atoms with Crippen LogP contribution in [0.25, 0.3) is 6.08 Å². The Morgan fingerprint density at radius 2 is 1.94 bits per heavy atom. The Balaban J connectivity index is 3.29. The molecule has 1 rings (SSSR count). The second kappa shape index (κ2) is 5.31. The van der Waals surface area contributed by atoms with E-state index in [2.05, 4.69) is 20.8 Å². The predicted molar refractivity (Wildman–Crippen MR) is 69.9 cm³/mol. The van der Waals surface area contributed by atoms with E-state index in [4.69, 9.17) is 11.6 Å². The number of allylic oxidation sites excluding steroid dienone is 1. The molecule has 0 aliphatic rings. The molecule has 0 unspecified atom stereocenters. The summed E-state index contributed by atoms with van der Waals surface area (Å²) in [5, 5.41) is 0.526. The van der Waals surface area contributed by atoms with Crippen LogP contribution in [0.1, 0.15) is 43.6 Å². The molecule has 0 amide bonds. The van der Waals surface area contributed by atoms with Crippen molar-refractivity contribution in [3.63, 3.8) is 0 Å². The van der Waals surface area contributed by atoms with E-state index in [9.17, 15) is 4.79 Å². The maximum absolute atomic E-state index is 11.5. The van der Waals surface area contributed by atoms with Crippen LogP contribution in [0.3, 0.4) is 0 Å². The van der Waals surface area contributed by atoms with Crippen molar-refractivity contribution in [3.8, 4) is 0 Å². The van der Waals surface area contributed by atoms with E-state index >= 15 is 0 Å². The summed E-state index contributed by atoms with van der Waals surface area (Å²) in [6.07, 6.45) is 2.04. The first-order valence-corrected chi connectivity index (χ1v) is 5.79. The summed E-state index contributed by atoms with van der Waals surface area (Å²) in [4.78, 5) is 11.5. The number of carbonyl (C=O) groups excluding carboxylic acids is 1. The molecular weight excluding hydrogens is 220 g/mol. The first-order chi connectivity index (χ1) is 7.43. The lowest BCUT2D eigenvalue weighted by atomic mass is 9.98. The van der Waals surface area contributed by atoms with Gasteiger partial charge in [-0.3, -0.25) is 4.79 Å². The summed E-state index contributed by atoms with van der Waals surface area (Å²) >= 11 is 6.04. The van der Waals surface area contributed by atoms with Crippen molar-refractivity contribution in [2.45, 2.75) is 27.7 Å². The quantitative estimate of drug-likeness (QED) is 0.701. The highest BCUT2D eigenvalue weighted by Crippen LogP contribution is 2.24. The molecule has 1 aromatic rings. The summed E-state index contributed by atoms with van der Waals surface area (Å²) in [6.45, 7) is 7.87. The fourth-order valence-corrected chi connectivity index (χ4v) is 1.76. The van der Waals surface area contributed by atoms with Gasteiger partial charge in [-0.1, -0.05) is 49.2 Å². The van der Waals surface area contributed by atoms with E-state index in [0.717, 1.165) is 5.56 Å². The number of halogens is 1. The van der Waals surface area contributed by atoms with Crippen LogP contribution in [-0.4, -0.2) is 5.78 Å². The molecule has 0 spiro atoms. The highest BCUT2D eigenvalue weighted by Gasteiger charge is 2.10. The van der Waals surface area contributed by atoms with Gasteiger partial charge in [-0.05, 0) is 31.4 Å². The van der Waals surface area contributed by atoms with Crippen molar-refractivity contribution in [1.29, 1.82) is 0 Å². The van der Waals surface area contributed by atoms with Gasteiger partial charge in [-0.2, -0.15) is 0 Å². The standard InChI is InChI=1S/C14H17ClO/c1-9(2)10(3)8-12-6-5-7-13(15)14(12)11(4)16/h5-9H,1-4H3/b10-8+. The van der Waals surface area contributed by atoms with Crippen LogP contribution < -0.4 is 0 Å². The van der Waals surface area contributed by atoms with Gasteiger partial charge in [0.05, 0.1) is 5.02 Å². The van der Waals surface area contributed by atoms with Crippen LogP contribution in [0.5, 0.6) is 0 Å². The molecule has 0 bridgehead atoms. The zero-order chi connectivity index (χ0) is 12.3. The Morgan fingerprint density at radius 1 is 1.31 bits per heavy atom. The lowest BCUT2D eigenvalue weighted by Crippen LogP contribution is -1.98. The average molecular weight is 237 g/mol. The van der Waals surface area contributed by atoms with E-state index in [1.165, 1.54) is 5.57 Å². The molecule has 0 atom stereocenters. The Kier molecular flexibility index (Phi) is 4.31. The van der Waals surface area contributed by atoms with Crippen molar-refractivity contribution in [3.05, 3.63) is 39.9 Å². The van der Waals surface area contributed by atoms with Gasteiger partial charge >= 0.3 is 0 Å². The summed E-state index contributed by atoms with van der Waals surface area (Å²) in [7, 11) is 0. The van der Waals surface area contributed by atoms with Gasteiger partial charge in [0.15, 0.2) is 5.78 Å². The summed E-state index contributed by atoms with van der Waals surface area (Å²) in [6, 6.07) is 5.54. The molecule has 1 nitrogen and oxygen atoms in total. The Morgan fingerprint density at radius 3 is 2.44 bits per heavy atom. The fourth-order valence-electron chi connectivity index (χ4n) is 1.44. The minimum atomic E-state index is 0.00778. The Hall–Kier alpha value is -1.08. The Labute approximate surface area is 102 Å². The van der Waals surface area contributed by atoms with E-state index in [-0.39, 0.29) is 5.78 Å². The third-order valence-corrected chi connectivity index (χ3v) is 3.01. The van der Waals surface area contributed by atoms with Gasteiger partial charge in [-0.15, -0.1) is 0 Å². The summed E-state index contributed by atoms with van der Waals surface area (Å²) in [5.74, 6) is 0.479. The lowest BCUT2D eigenvalue weighted by molar-refractivity contribution is 0.101. The number of benzene rings is 1. The zero-order valence-corrected chi connectivity index (χ0v) is 10.9.